The van der Waals surface area contributed by atoms with E-state index in [1.807, 2.05) is 0 Å². The number of rotatable bonds is 3. The fourth-order valence-electron chi connectivity index (χ4n) is 0.591. The van der Waals surface area contributed by atoms with Crippen LogP contribution in [0, 0.1) is 6.92 Å². The van der Waals surface area contributed by atoms with Crippen molar-refractivity contribution < 1.29 is 4.74 Å². The fourth-order valence-corrected chi connectivity index (χ4v) is 0.591. The van der Waals surface area contributed by atoms with E-state index in [2.05, 4.69) is 15.4 Å². The Labute approximate surface area is 59.0 Å². The van der Waals surface area contributed by atoms with Gasteiger partial charge in [0.1, 0.15) is 0 Å². The molecule has 1 aromatic heterocycles. The average Bonchev–Trinajstić information content (AvgIpc) is 2.31. The predicted octanol–water partition coefficient (Wildman–Crippen LogP) is -0.372. The molecule has 0 bridgehead atoms. The summed E-state index contributed by atoms with van der Waals surface area (Å²) in [5, 5.41) is 11.4. The summed E-state index contributed by atoms with van der Waals surface area (Å²) in [4.78, 5) is 1.51. The predicted molar refractivity (Wildman–Crippen MR) is 34.4 cm³/mol. The van der Waals surface area contributed by atoms with E-state index in [0.717, 1.165) is 0 Å². The summed E-state index contributed by atoms with van der Waals surface area (Å²) < 4.78 is 4.83. The lowest BCUT2D eigenvalue weighted by molar-refractivity contribution is 0.178. The van der Waals surface area contributed by atoms with Crippen LogP contribution in [0.2, 0.25) is 0 Å². The van der Waals surface area contributed by atoms with E-state index in [9.17, 15) is 0 Å². The topological polar surface area (TPSA) is 52.8 Å². The number of hydrogen-bond acceptors (Lipinski definition) is 4. The summed E-state index contributed by atoms with van der Waals surface area (Å²) in [5.74, 6) is 0.691. The lowest BCUT2D eigenvalue weighted by Crippen LogP contribution is -2.07. The third-order valence-corrected chi connectivity index (χ3v) is 1.05. The van der Waals surface area contributed by atoms with Crippen LogP contribution in [0.3, 0.4) is 0 Å². The first-order valence-corrected chi connectivity index (χ1v) is 3.06. The third-order valence-electron chi connectivity index (χ3n) is 1.05. The van der Waals surface area contributed by atoms with Gasteiger partial charge in [-0.05, 0) is 12.1 Å². The van der Waals surface area contributed by atoms with Crippen LogP contribution in [0.25, 0.3) is 0 Å². The maximum Gasteiger partial charge on any atom is 0.171 e. The average molecular weight is 142 g/mol. The first-order valence-electron chi connectivity index (χ1n) is 3.06. The van der Waals surface area contributed by atoms with E-state index in [1.54, 1.807) is 14.0 Å². The van der Waals surface area contributed by atoms with Gasteiger partial charge in [-0.25, -0.2) is 0 Å². The molecule has 56 valence electrons. The smallest absolute Gasteiger partial charge is 0.171 e. The second kappa shape index (κ2) is 3.26. The fraction of sp³-hybridized carbons (Fsp3) is 0.800. The molecule has 0 aliphatic carbocycles. The second-order valence-electron chi connectivity index (χ2n) is 1.93. The van der Waals surface area contributed by atoms with Crippen LogP contribution in [-0.4, -0.2) is 33.9 Å². The molecule has 5 heteroatoms. The van der Waals surface area contributed by atoms with Crippen molar-refractivity contribution in [2.24, 2.45) is 0 Å². The van der Waals surface area contributed by atoms with Crippen LogP contribution in [0.4, 0.5) is 0 Å². The highest BCUT2D eigenvalue weighted by Crippen LogP contribution is 1.81. The van der Waals surface area contributed by atoms with Crippen molar-refractivity contribution in [1.29, 1.82) is 0 Å². The molecule has 10 heavy (non-hydrogen) atoms. The summed E-state index contributed by atoms with van der Waals surface area (Å²) in [5.41, 5.74) is 0. The van der Waals surface area contributed by atoms with E-state index in [1.165, 1.54) is 4.80 Å². The van der Waals surface area contributed by atoms with E-state index in [0.29, 0.717) is 19.0 Å². The van der Waals surface area contributed by atoms with Crippen molar-refractivity contribution in [2.45, 2.75) is 13.5 Å². The molecule has 0 fully saturated rings. The molecule has 0 spiro atoms. The zero-order valence-electron chi connectivity index (χ0n) is 6.11. The molecule has 1 rings (SSSR count). The van der Waals surface area contributed by atoms with Gasteiger partial charge in [-0.2, -0.15) is 4.80 Å². The second-order valence-corrected chi connectivity index (χ2v) is 1.93. The van der Waals surface area contributed by atoms with Crippen molar-refractivity contribution >= 4 is 0 Å². The standard InChI is InChI=1S/C5H10N4O/c1-5-6-8-9(7-5)3-4-10-2/h3-4H2,1-2H3. The molecule has 0 aliphatic rings. The number of tetrazole rings is 1. The van der Waals surface area contributed by atoms with Gasteiger partial charge in [0.05, 0.1) is 13.2 Å². The molecule has 5 nitrogen and oxygen atoms in total. The third kappa shape index (κ3) is 1.77. The Morgan fingerprint density at radius 3 is 2.90 bits per heavy atom. The lowest BCUT2D eigenvalue weighted by Gasteiger charge is -1.94. The van der Waals surface area contributed by atoms with E-state index in [-0.39, 0.29) is 0 Å². The highest BCUT2D eigenvalue weighted by atomic mass is 16.5. The van der Waals surface area contributed by atoms with Gasteiger partial charge in [-0.3, -0.25) is 0 Å². The van der Waals surface area contributed by atoms with Crippen molar-refractivity contribution in [3.8, 4) is 0 Å². The first kappa shape index (κ1) is 7.14. The Kier molecular flexibility index (Phi) is 2.33. The molecule has 0 N–H and O–H groups in total. The Bertz CT molecular complexity index is 197. The molecule has 0 saturated heterocycles. The zero-order chi connectivity index (χ0) is 7.40. The molecule has 0 unspecified atom stereocenters. The largest absolute Gasteiger partial charge is 0.383 e. The van der Waals surface area contributed by atoms with Gasteiger partial charge < -0.3 is 4.74 Å². The Morgan fingerprint density at radius 2 is 2.40 bits per heavy atom. The molecule has 1 heterocycles. The number of methoxy groups -OCH3 is 1. The molecular weight excluding hydrogens is 132 g/mol. The summed E-state index contributed by atoms with van der Waals surface area (Å²) >= 11 is 0. The minimum atomic E-state index is 0.621. The normalized spacial score (nSPS) is 10.2. The van der Waals surface area contributed by atoms with Gasteiger partial charge in [-0.1, -0.05) is 0 Å². The van der Waals surface area contributed by atoms with Crippen molar-refractivity contribution in [3.63, 3.8) is 0 Å². The van der Waals surface area contributed by atoms with Crippen molar-refractivity contribution in [1.82, 2.24) is 20.2 Å². The van der Waals surface area contributed by atoms with Crippen LogP contribution < -0.4 is 0 Å². The first-order chi connectivity index (χ1) is 4.83. The van der Waals surface area contributed by atoms with Gasteiger partial charge in [0.2, 0.25) is 0 Å². The highest BCUT2D eigenvalue weighted by Gasteiger charge is 1.94. The highest BCUT2D eigenvalue weighted by molar-refractivity contribution is 4.66. The monoisotopic (exact) mass is 142 g/mol. The SMILES string of the molecule is COCCn1nnc(C)n1. The van der Waals surface area contributed by atoms with E-state index in [4.69, 9.17) is 4.74 Å². The molecule has 1 aromatic rings. The van der Waals surface area contributed by atoms with E-state index >= 15 is 0 Å². The summed E-state index contributed by atoms with van der Waals surface area (Å²) in [6, 6.07) is 0. The van der Waals surface area contributed by atoms with Crippen LogP contribution >= 0.6 is 0 Å². The summed E-state index contributed by atoms with van der Waals surface area (Å²) in [7, 11) is 1.64. The number of hydrogen-bond donors (Lipinski definition) is 0. The van der Waals surface area contributed by atoms with Crippen molar-refractivity contribution in [3.05, 3.63) is 5.82 Å². The summed E-state index contributed by atoms with van der Waals surface area (Å²) in [6.07, 6.45) is 0. The van der Waals surface area contributed by atoms with Crippen LogP contribution in [-0.2, 0) is 11.3 Å². The number of aryl methyl sites for hydroxylation is 1. The van der Waals surface area contributed by atoms with Crippen LogP contribution in [0.5, 0.6) is 0 Å². The van der Waals surface area contributed by atoms with Gasteiger partial charge in [0, 0.05) is 7.11 Å². The minimum absolute atomic E-state index is 0.621. The molecule has 0 aromatic carbocycles. The molecule has 0 radical (unpaired) electrons. The molecular formula is C5H10N4O. The maximum absolute atomic E-state index is 4.83. The van der Waals surface area contributed by atoms with Crippen LogP contribution in [0.1, 0.15) is 5.82 Å². The minimum Gasteiger partial charge on any atom is -0.383 e. The molecule has 0 atom stereocenters. The Morgan fingerprint density at radius 1 is 1.60 bits per heavy atom. The van der Waals surface area contributed by atoms with Gasteiger partial charge >= 0.3 is 0 Å². The molecule has 0 saturated carbocycles. The number of ether oxygens (including phenoxy) is 1. The van der Waals surface area contributed by atoms with Crippen molar-refractivity contribution in [2.75, 3.05) is 13.7 Å². The quantitative estimate of drug-likeness (QED) is 0.577. The summed E-state index contributed by atoms with van der Waals surface area (Å²) in [6.45, 7) is 3.09. The van der Waals surface area contributed by atoms with Gasteiger partial charge in [0.25, 0.3) is 0 Å². The zero-order valence-corrected chi connectivity index (χ0v) is 6.11. The lowest BCUT2D eigenvalue weighted by atomic mass is 10.7. The number of nitrogens with zero attached hydrogens (tertiary/aromatic N) is 4. The van der Waals surface area contributed by atoms with Gasteiger partial charge in [-0.15, -0.1) is 10.2 Å². The Hall–Kier alpha value is -0.970. The van der Waals surface area contributed by atoms with E-state index < -0.39 is 0 Å². The molecule has 0 amide bonds. The number of aromatic nitrogens is 4. The Balaban J connectivity index is 2.42. The maximum atomic E-state index is 4.83. The van der Waals surface area contributed by atoms with Gasteiger partial charge in [0.15, 0.2) is 5.82 Å². The molecule has 0 aliphatic heterocycles. The van der Waals surface area contributed by atoms with Crippen LogP contribution in [0.15, 0.2) is 0 Å².